The van der Waals surface area contributed by atoms with Gasteiger partial charge in [0.1, 0.15) is 0 Å². The minimum Gasteiger partial charge on any atom is -0.345 e. The van der Waals surface area contributed by atoms with Crippen LogP contribution in [0.15, 0.2) is 24.3 Å². The number of rotatable bonds is 6. The highest BCUT2D eigenvalue weighted by Gasteiger charge is 2.12. The molecule has 1 nitrogen and oxygen atoms in total. The lowest BCUT2D eigenvalue weighted by Gasteiger charge is -2.07. The minimum absolute atomic E-state index is 1.16. The molecule has 0 spiro atoms. The molecule has 0 aliphatic carbocycles. The van der Waals surface area contributed by atoms with E-state index in [2.05, 4.69) is 49.6 Å². The van der Waals surface area contributed by atoms with E-state index in [1.165, 1.54) is 48.7 Å². The van der Waals surface area contributed by atoms with Gasteiger partial charge in [-0.25, -0.2) is 0 Å². The second-order valence-electron chi connectivity index (χ2n) is 5.19. The highest BCUT2D eigenvalue weighted by Crippen LogP contribution is 2.27. The molecule has 2 rings (SSSR count). The lowest BCUT2D eigenvalue weighted by atomic mass is 10.1. The summed E-state index contributed by atoms with van der Waals surface area (Å²) in [4.78, 5) is 0. The minimum atomic E-state index is 1.16. The second kappa shape index (κ2) is 6.08. The van der Waals surface area contributed by atoms with Gasteiger partial charge in [0, 0.05) is 23.1 Å². The third-order valence-electron chi connectivity index (χ3n) is 3.88. The van der Waals surface area contributed by atoms with Crippen molar-refractivity contribution in [1.82, 2.24) is 4.57 Å². The zero-order valence-electron chi connectivity index (χ0n) is 12.0. The molecule has 1 heteroatoms. The van der Waals surface area contributed by atoms with Gasteiger partial charge in [0.05, 0.1) is 0 Å². The summed E-state index contributed by atoms with van der Waals surface area (Å²) in [5.74, 6) is 0. The van der Waals surface area contributed by atoms with Gasteiger partial charge in [0.25, 0.3) is 0 Å². The summed E-state index contributed by atoms with van der Waals surface area (Å²) in [7, 11) is 0. The normalized spacial score (nSPS) is 11.3. The number of aryl methyl sites for hydroxylation is 2. The number of benzene rings is 1. The first-order chi connectivity index (χ1) is 8.79. The Hall–Kier alpha value is -1.24. The molecule has 2 aromatic rings. The van der Waals surface area contributed by atoms with Gasteiger partial charge in [-0.2, -0.15) is 0 Å². The standard InChI is InChI=1S/C17H25N/c1-4-6-10-15-14(3)18(13-7-5-2)17-12-9-8-11-16(15)17/h8-9,11-12H,4-7,10,13H2,1-3H3. The molecule has 0 fully saturated rings. The van der Waals surface area contributed by atoms with E-state index in [-0.39, 0.29) is 0 Å². The molecule has 0 aliphatic heterocycles. The van der Waals surface area contributed by atoms with Crippen LogP contribution < -0.4 is 0 Å². The molecule has 1 aromatic heterocycles. The number of unbranched alkanes of at least 4 members (excludes halogenated alkanes) is 2. The SMILES string of the molecule is CCCCc1c(C)n(CCCC)c2ccccc12. The Morgan fingerprint density at radius 3 is 2.44 bits per heavy atom. The number of nitrogens with zero attached hydrogens (tertiary/aromatic N) is 1. The maximum atomic E-state index is 2.52. The molecule has 0 aliphatic rings. The summed E-state index contributed by atoms with van der Waals surface area (Å²) in [5.41, 5.74) is 4.48. The van der Waals surface area contributed by atoms with E-state index in [4.69, 9.17) is 0 Å². The summed E-state index contributed by atoms with van der Waals surface area (Å²) < 4.78 is 2.52. The molecule has 0 saturated heterocycles. The van der Waals surface area contributed by atoms with Crippen molar-refractivity contribution in [2.75, 3.05) is 0 Å². The van der Waals surface area contributed by atoms with Crippen LogP contribution in [0.2, 0.25) is 0 Å². The van der Waals surface area contributed by atoms with Crippen molar-refractivity contribution in [3.05, 3.63) is 35.5 Å². The maximum absolute atomic E-state index is 2.52. The van der Waals surface area contributed by atoms with Gasteiger partial charge in [0.15, 0.2) is 0 Å². The molecular formula is C17H25N. The largest absolute Gasteiger partial charge is 0.345 e. The van der Waals surface area contributed by atoms with Crippen molar-refractivity contribution in [2.24, 2.45) is 0 Å². The van der Waals surface area contributed by atoms with Gasteiger partial charge in [-0.15, -0.1) is 0 Å². The van der Waals surface area contributed by atoms with Crippen LogP contribution in [0.25, 0.3) is 10.9 Å². The van der Waals surface area contributed by atoms with E-state index in [0.717, 1.165) is 6.54 Å². The van der Waals surface area contributed by atoms with E-state index in [0.29, 0.717) is 0 Å². The molecule has 1 heterocycles. The van der Waals surface area contributed by atoms with Crippen molar-refractivity contribution in [3.8, 4) is 0 Å². The lowest BCUT2D eigenvalue weighted by molar-refractivity contribution is 0.633. The Kier molecular flexibility index (Phi) is 4.46. The second-order valence-corrected chi connectivity index (χ2v) is 5.19. The average Bonchev–Trinajstić information content (AvgIpc) is 2.66. The molecule has 0 atom stereocenters. The summed E-state index contributed by atoms with van der Waals surface area (Å²) in [6, 6.07) is 8.89. The fraction of sp³-hybridized carbons (Fsp3) is 0.529. The van der Waals surface area contributed by atoms with Crippen molar-refractivity contribution >= 4 is 10.9 Å². The summed E-state index contributed by atoms with van der Waals surface area (Å²) in [6.07, 6.45) is 6.32. The van der Waals surface area contributed by atoms with Crippen molar-refractivity contribution in [3.63, 3.8) is 0 Å². The highest BCUT2D eigenvalue weighted by atomic mass is 15.0. The van der Waals surface area contributed by atoms with Crippen LogP contribution in [0.3, 0.4) is 0 Å². The zero-order valence-corrected chi connectivity index (χ0v) is 12.0. The predicted octanol–water partition coefficient (Wildman–Crippen LogP) is 5.09. The molecule has 98 valence electrons. The molecule has 1 aromatic carbocycles. The third kappa shape index (κ3) is 2.45. The molecule has 18 heavy (non-hydrogen) atoms. The molecule has 0 amide bonds. The summed E-state index contributed by atoms with van der Waals surface area (Å²) >= 11 is 0. The zero-order chi connectivity index (χ0) is 13.0. The number of fused-ring (bicyclic) bond motifs is 1. The molecule has 0 bridgehead atoms. The highest BCUT2D eigenvalue weighted by molar-refractivity contribution is 5.85. The van der Waals surface area contributed by atoms with E-state index >= 15 is 0 Å². The monoisotopic (exact) mass is 243 g/mol. The van der Waals surface area contributed by atoms with Gasteiger partial charge < -0.3 is 4.57 Å². The first-order valence-electron chi connectivity index (χ1n) is 7.36. The number of aromatic nitrogens is 1. The van der Waals surface area contributed by atoms with E-state index in [9.17, 15) is 0 Å². The number of hydrogen-bond donors (Lipinski definition) is 0. The average molecular weight is 243 g/mol. The summed E-state index contributed by atoms with van der Waals surface area (Å²) in [5, 5.41) is 1.47. The van der Waals surface area contributed by atoms with Crippen LogP contribution in [-0.4, -0.2) is 4.57 Å². The fourth-order valence-corrected chi connectivity index (χ4v) is 2.78. The molecule has 0 saturated carbocycles. The first kappa shape index (κ1) is 13.2. The van der Waals surface area contributed by atoms with E-state index in [1.807, 2.05) is 0 Å². The molecule has 0 radical (unpaired) electrons. The Morgan fingerprint density at radius 1 is 1.00 bits per heavy atom. The van der Waals surface area contributed by atoms with Crippen molar-refractivity contribution < 1.29 is 0 Å². The maximum Gasteiger partial charge on any atom is 0.0485 e. The Labute approximate surface area is 111 Å². The predicted molar refractivity (Wildman–Crippen MR) is 80.2 cm³/mol. The third-order valence-corrected chi connectivity index (χ3v) is 3.88. The summed E-state index contributed by atoms with van der Waals surface area (Å²) in [6.45, 7) is 7.99. The molecule has 0 N–H and O–H groups in total. The lowest BCUT2D eigenvalue weighted by Crippen LogP contribution is -2.00. The quantitative estimate of drug-likeness (QED) is 0.665. The number of hydrogen-bond acceptors (Lipinski definition) is 0. The first-order valence-corrected chi connectivity index (χ1v) is 7.36. The van der Waals surface area contributed by atoms with Gasteiger partial charge in [-0.3, -0.25) is 0 Å². The molecular weight excluding hydrogens is 218 g/mol. The van der Waals surface area contributed by atoms with Crippen molar-refractivity contribution in [1.29, 1.82) is 0 Å². The Morgan fingerprint density at radius 2 is 1.72 bits per heavy atom. The Balaban J connectivity index is 2.45. The van der Waals surface area contributed by atoms with Crippen LogP contribution in [0, 0.1) is 6.92 Å². The van der Waals surface area contributed by atoms with Gasteiger partial charge in [-0.05, 0) is 37.8 Å². The smallest absolute Gasteiger partial charge is 0.0485 e. The Bertz CT molecular complexity index is 463. The van der Waals surface area contributed by atoms with Gasteiger partial charge >= 0.3 is 0 Å². The van der Waals surface area contributed by atoms with Crippen molar-refractivity contribution in [2.45, 2.75) is 59.4 Å². The molecule has 0 unspecified atom stereocenters. The van der Waals surface area contributed by atoms with Crippen LogP contribution >= 0.6 is 0 Å². The van der Waals surface area contributed by atoms with Crippen LogP contribution in [0.1, 0.15) is 50.8 Å². The fourth-order valence-electron chi connectivity index (χ4n) is 2.78. The number of para-hydroxylation sites is 1. The van der Waals surface area contributed by atoms with Gasteiger partial charge in [-0.1, -0.05) is 44.9 Å². The van der Waals surface area contributed by atoms with Crippen LogP contribution in [0.5, 0.6) is 0 Å². The topological polar surface area (TPSA) is 4.93 Å². The van der Waals surface area contributed by atoms with Crippen LogP contribution in [0.4, 0.5) is 0 Å². The van der Waals surface area contributed by atoms with Gasteiger partial charge in [0.2, 0.25) is 0 Å². The van der Waals surface area contributed by atoms with Crippen LogP contribution in [-0.2, 0) is 13.0 Å². The van der Waals surface area contributed by atoms with E-state index in [1.54, 1.807) is 5.56 Å². The van der Waals surface area contributed by atoms with E-state index < -0.39 is 0 Å².